The third-order valence-corrected chi connectivity index (χ3v) is 4.23. The highest BCUT2D eigenvalue weighted by Crippen LogP contribution is 2.46. The van der Waals surface area contributed by atoms with Gasteiger partial charge in [0.15, 0.2) is 0 Å². The quantitative estimate of drug-likeness (QED) is 0.858. The van der Waals surface area contributed by atoms with E-state index in [9.17, 15) is 9.59 Å². The number of ether oxygens (including phenoxy) is 1. The highest BCUT2D eigenvalue weighted by atomic mass is 16.6. The summed E-state index contributed by atoms with van der Waals surface area (Å²) in [5, 5.41) is 2.84. The van der Waals surface area contributed by atoms with Crippen molar-refractivity contribution in [1.82, 2.24) is 0 Å². The molecule has 0 unspecified atom stereocenters. The van der Waals surface area contributed by atoms with E-state index < -0.39 is 0 Å². The van der Waals surface area contributed by atoms with Crippen LogP contribution < -0.4 is 5.32 Å². The summed E-state index contributed by atoms with van der Waals surface area (Å²) in [6.07, 6.45) is 2.84. The molecule has 20 heavy (non-hydrogen) atoms. The lowest BCUT2D eigenvalue weighted by Gasteiger charge is -2.13. The smallest absolute Gasteiger partial charge is 0.338 e. The molecule has 0 spiro atoms. The summed E-state index contributed by atoms with van der Waals surface area (Å²) in [7, 11) is 0. The first-order chi connectivity index (χ1) is 9.48. The van der Waals surface area contributed by atoms with Crippen LogP contribution in [0.2, 0.25) is 0 Å². The summed E-state index contributed by atoms with van der Waals surface area (Å²) in [5.41, 5.74) is 0.828. The Labute approximate surface area is 118 Å². The second kappa shape index (κ2) is 4.62. The number of rotatable bonds is 4. The van der Waals surface area contributed by atoms with Gasteiger partial charge in [0.2, 0.25) is 5.91 Å². The Morgan fingerprint density at radius 3 is 2.65 bits per heavy atom. The lowest BCUT2D eigenvalue weighted by atomic mass is 10.2. The number of benzene rings is 1. The molecular weight excluding hydrogens is 254 g/mol. The molecule has 2 atom stereocenters. The molecule has 2 aliphatic carbocycles. The van der Waals surface area contributed by atoms with E-state index in [0.29, 0.717) is 17.2 Å². The first-order valence-corrected chi connectivity index (χ1v) is 7.12. The summed E-state index contributed by atoms with van der Waals surface area (Å²) in [5.74, 6) is 0.290. The molecule has 0 radical (unpaired) electrons. The van der Waals surface area contributed by atoms with Gasteiger partial charge in [0.25, 0.3) is 0 Å². The van der Waals surface area contributed by atoms with E-state index in [4.69, 9.17) is 4.74 Å². The van der Waals surface area contributed by atoms with E-state index in [0.717, 1.165) is 19.3 Å². The molecule has 0 aromatic heterocycles. The second-order valence-corrected chi connectivity index (χ2v) is 6.15. The van der Waals surface area contributed by atoms with Gasteiger partial charge in [-0.05, 0) is 50.3 Å². The van der Waals surface area contributed by atoms with Gasteiger partial charge in [0, 0.05) is 11.6 Å². The Bertz CT molecular complexity index is 565. The molecule has 1 amide bonds. The third-order valence-electron chi connectivity index (χ3n) is 4.23. The molecule has 1 aromatic rings. The maximum absolute atomic E-state index is 12.1. The van der Waals surface area contributed by atoms with Crippen LogP contribution in [-0.2, 0) is 9.53 Å². The van der Waals surface area contributed by atoms with Gasteiger partial charge in [-0.25, -0.2) is 4.79 Å². The van der Waals surface area contributed by atoms with Gasteiger partial charge >= 0.3 is 5.97 Å². The zero-order valence-electron chi connectivity index (χ0n) is 11.8. The number of hydrogen-bond acceptors (Lipinski definition) is 3. The molecule has 3 rings (SSSR count). The van der Waals surface area contributed by atoms with Gasteiger partial charge in [0.05, 0.1) is 5.56 Å². The lowest BCUT2D eigenvalue weighted by Crippen LogP contribution is -2.18. The van der Waals surface area contributed by atoms with Crippen LogP contribution in [0.4, 0.5) is 5.69 Å². The number of carbonyl (C=O) groups excluding carboxylic acids is 2. The molecule has 2 saturated carbocycles. The Morgan fingerprint density at radius 2 is 2.05 bits per heavy atom. The average Bonchev–Trinajstić information content (AvgIpc) is 3.29. The minimum atomic E-state index is -0.320. The number of anilines is 1. The zero-order valence-corrected chi connectivity index (χ0v) is 11.8. The van der Waals surface area contributed by atoms with E-state index >= 15 is 0 Å². The normalized spacial score (nSPS) is 27.8. The Kier molecular flexibility index (Phi) is 3.04. The number of nitrogens with one attached hydrogen (secondary N) is 1. The molecule has 0 bridgehead atoms. The van der Waals surface area contributed by atoms with Gasteiger partial charge in [0.1, 0.15) is 5.60 Å². The van der Waals surface area contributed by atoms with Crippen molar-refractivity contribution in [3.05, 3.63) is 29.8 Å². The van der Waals surface area contributed by atoms with Gasteiger partial charge in [-0.1, -0.05) is 13.0 Å². The number of hydrogen-bond donors (Lipinski definition) is 1. The molecule has 0 saturated heterocycles. The van der Waals surface area contributed by atoms with E-state index in [1.807, 2.05) is 6.92 Å². The van der Waals surface area contributed by atoms with Crippen molar-refractivity contribution in [3.8, 4) is 0 Å². The van der Waals surface area contributed by atoms with Crippen LogP contribution in [-0.4, -0.2) is 17.5 Å². The monoisotopic (exact) mass is 273 g/mol. The Balaban J connectivity index is 1.67. The molecule has 4 heteroatoms. The van der Waals surface area contributed by atoms with Crippen LogP contribution in [0.25, 0.3) is 0 Å². The van der Waals surface area contributed by atoms with Crippen LogP contribution in [0.1, 0.15) is 43.5 Å². The first kappa shape index (κ1) is 13.2. The van der Waals surface area contributed by atoms with Crippen molar-refractivity contribution < 1.29 is 14.3 Å². The van der Waals surface area contributed by atoms with E-state index in [1.54, 1.807) is 24.3 Å². The standard InChI is InChI=1S/C16H19NO3/c1-10-9-16(10,2)20-15(19)12-4-3-5-13(8-12)17-14(18)11-6-7-11/h3-5,8,10-11H,6-7,9H2,1-2H3,(H,17,18)/t10-,16+/m0/s1. The molecule has 0 aliphatic heterocycles. The van der Waals surface area contributed by atoms with E-state index in [-0.39, 0.29) is 23.4 Å². The fourth-order valence-corrected chi connectivity index (χ4v) is 2.28. The van der Waals surface area contributed by atoms with Crippen molar-refractivity contribution >= 4 is 17.6 Å². The largest absolute Gasteiger partial charge is 0.455 e. The average molecular weight is 273 g/mol. The maximum atomic E-state index is 12.1. The number of carbonyl (C=O) groups is 2. The predicted molar refractivity (Wildman–Crippen MR) is 75.4 cm³/mol. The molecular formula is C16H19NO3. The van der Waals surface area contributed by atoms with Gasteiger partial charge in [-0.2, -0.15) is 0 Å². The SMILES string of the molecule is C[C@H]1C[C@@]1(C)OC(=O)c1cccc(NC(=O)C2CC2)c1. The number of esters is 1. The minimum Gasteiger partial charge on any atom is -0.455 e. The van der Waals surface area contributed by atoms with Crippen molar-refractivity contribution in [2.45, 2.75) is 38.7 Å². The first-order valence-electron chi connectivity index (χ1n) is 7.12. The molecule has 1 aromatic carbocycles. The zero-order chi connectivity index (χ0) is 14.3. The molecule has 2 fully saturated rings. The summed E-state index contributed by atoms with van der Waals surface area (Å²) in [6.45, 7) is 4.02. The van der Waals surface area contributed by atoms with Crippen molar-refractivity contribution in [2.75, 3.05) is 5.32 Å². The highest BCUT2D eigenvalue weighted by Gasteiger charge is 2.50. The number of amides is 1. The van der Waals surface area contributed by atoms with Crippen LogP contribution in [0, 0.1) is 11.8 Å². The van der Waals surface area contributed by atoms with Crippen molar-refractivity contribution in [3.63, 3.8) is 0 Å². The molecule has 106 valence electrons. The summed E-state index contributed by atoms with van der Waals surface area (Å²) < 4.78 is 5.52. The summed E-state index contributed by atoms with van der Waals surface area (Å²) in [6, 6.07) is 6.95. The van der Waals surface area contributed by atoms with E-state index in [2.05, 4.69) is 12.2 Å². The third kappa shape index (κ3) is 2.69. The van der Waals surface area contributed by atoms with Crippen molar-refractivity contribution in [2.24, 2.45) is 11.8 Å². The van der Waals surface area contributed by atoms with Crippen LogP contribution in [0.5, 0.6) is 0 Å². The molecule has 0 heterocycles. The second-order valence-electron chi connectivity index (χ2n) is 6.15. The molecule has 4 nitrogen and oxygen atoms in total. The Hall–Kier alpha value is -1.84. The van der Waals surface area contributed by atoms with Crippen LogP contribution in [0.3, 0.4) is 0 Å². The fraction of sp³-hybridized carbons (Fsp3) is 0.500. The van der Waals surface area contributed by atoms with Crippen LogP contribution in [0.15, 0.2) is 24.3 Å². The fourth-order valence-electron chi connectivity index (χ4n) is 2.28. The topological polar surface area (TPSA) is 55.4 Å². The van der Waals surface area contributed by atoms with Crippen molar-refractivity contribution in [1.29, 1.82) is 0 Å². The summed E-state index contributed by atoms with van der Waals surface area (Å²) >= 11 is 0. The summed E-state index contributed by atoms with van der Waals surface area (Å²) in [4.78, 5) is 23.8. The van der Waals surface area contributed by atoms with Gasteiger partial charge in [-0.15, -0.1) is 0 Å². The molecule has 1 N–H and O–H groups in total. The maximum Gasteiger partial charge on any atom is 0.338 e. The predicted octanol–water partition coefficient (Wildman–Crippen LogP) is 2.99. The Morgan fingerprint density at radius 1 is 1.35 bits per heavy atom. The van der Waals surface area contributed by atoms with E-state index in [1.165, 1.54) is 0 Å². The minimum absolute atomic E-state index is 0.0401. The lowest BCUT2D eigenvalue weighted by molar-refractivity contribution is -0.117. The highest BCUT2D eigenvalue weighted by molar-refractivity contribution is 5.96. The van der Waals surface area contributed by atoms with Gasteiger partial charge in [-0.3, -0.25) is 4.79 Å². The van der Waals surface area contributed by atoms with Crippen LogP contribution >= 0.6 is 0 Å². The van der Waals surface area contributed by atoms with Gasteiger partial charge < -0.3 is 10.1 Å². The molecule has 2 aliphatic rings.